The van der Waals surface area contributed by atoms with E-state index in [2.05, 4.69) is 0 Å². The van der Waals surface area contributed by atoms with Gasteiger partial charge in [0.05, 0.1) is 10.6 Å². The van der Waals surface area contributed by atoms with Gasteiger partial charge in [0.25, 0.3) is 19.1 Å². The summed E-state index contributed by atoms with van der Waals surface area (Å²) in [5.74, 6) is -3.58. The maximum atomic E-state index is 12.5. The third kappa shape index (κ3) is 4.27. The van der Waals surface area contributed by atoms with E-state index in [-0.39, 0.29) is 34.6 Å². The predicted octanol–water partition coefficient (Wildman–Crippen LogP) is 2.70. The highest BCUT2D eigenvalue weighted by molar-refractivity contribution is 8.13. The molecule has 1 N–H and O–H groups in total. The first-order chi connectivity index (χ1) is 9.52. The number of hydrogen-bond donors (Lipinski definition) is 1. The lowest BCUT2D eigenvalue weighted by Crippen LogP contribution is -2.22. The van der Waals surface area contributed by atoms with Gasteiger partial charge in [-0.1, -0.05) is 13.8 Å². The number of nitrogens with one attached hydrogen (secondary N) is 1. The molecule has 1 rings (SSSR count). The van der Waals surface area contributed by atoms with Crippen molar-refractivity contribution in [2.24, 2.45) is 0 Å². The third-order valence-corrected chi connectivity index (χ3v) is 5.09. The first-order valence-electron chi connectivity index (χ1n) is 5.93. The van der Waals surface area contributed by atoms with Crippen LogP contribution in [-0.4, -0.2) is 22.6 Å². The maximum Gasteiger partial charge on any atom is 0.355 e. The monoisotopic (exact) mass is 361 g/mol. The number of halogens is 3. The molecule has 0 aliphatic heterocycles. The van der Waals surface area contributed by atoms with Gasteiger partial charge < -0.3 is 0 Å². The molecule has 1 aromatic rings. The molecule has 0 aliphatic carbocycles. The van der Waals surface area contributed by atoms with Gasteiger partial charge in [0.15, 0.2) is 0 Å². The van der Waals surface area contributed by atoms with Crippen molar-refractivity contribution in [2.45, 2.75) is 37.3 Å². The Morgan fingerprint density at radius 2 is 1.52 bits per heavy atom. The fraction of sp³-hybridized carbons (Fsp3) is 0.455. The van der Waals surface area contributed by atoms with Crippen LogP contribution in [0.4, 0.5) is 14.5 Å². The Bertz CT molecular complexity index is 708. The summed E-state index contributed by atoms with van der Waals surface area (Å²) in [7, 11) is -3.56. The average molecular weight is 362 g/mol. The van der Waals surface area contributed by atoms with Crippen LogP contribution in [-0.2, 0) is 31.9 Å². The zero-order valence-electron chi connectivity index (χ0n) is 11.2. The maximum absolute atomic E-state index is 12.5. The molecule has 0 unspecified atom stereocenters. The van der Waals surface area contributed by atoms with E-state index < -0.39 is 24.8 Å². The highest BCUT2D eigenvalue weighted by Gasteiger charge is 2.26. The molecule has 0 saturated heterocycles. The van der Waals surface area contributed by atoms with Crippen LogP contribution in [0.15, 0.2) is 17.0 Å². The number of sulfonamides is 1. The minimum Gasteiger partial charge on any atom is -0.278 e. The molecule has 10 heteroatoms. The highest BCUT2D eigenvalue weighted by atomic mass is 35.7. The van der Waals surface area contributed by atoms with Crippen molar-refractivity contribution >= 4 is 35.4 Å². The normalized spacial score (nSPS) is 12.7. The minimum absolute atomic E-state index is 0.0237. The fourth-order valence-corrected chi connectivity index (χ4v) is 3.22. The largest absolute Gasteiger partial charge is 0.355 e. The van der Waals surface area contributed by atoms with Crippen molar-refractivity contribution in [3.05, 3.63) is 23.3 Å². The van der Waals surface area contributed by atoms with E-state index in [4.69, 9.17) is 10.7 Å². The van der Waals surface area contributed by atoms with Gasteiger partial charge >= 0.3 is 5.76 Å². The van der Waals surface area contributed by atoms with Gasteiger partial charge in [-0.3, -0.25) is 4.72 Å². The zero-order chi connectivity index (χ0) is 16.4. The van der Waals surface area contributed by atoms with E-state index >= 15 is 0 Å². The molecular formula is C11H14ClF2NO4S2. The molecule has 5 nitrogen and oxygen atoms in total. The summed E-state index contributed by atoms with van der Waals surface area (Å²) in [5.41, 5.74) is 0.528. The van der Waals surface area contributed by atoms with Crippen LogP contribution >= 0.6 is 10.7 Å². The van der Waals surface area contributed by atoms with Crippen LogP contribution < -0.4 is 4.72 Å². The Morgan fingerprint density at radius 1 is 1.10 bits per heavy atom. The Balaban J connectivity index is 3.52. The number of alkyl halides is 2. The van der Waals surface area contributed by atoms with Crippen LogP contribution in [0.2, 0.25) is 0 Å². The fourth-order valence-electron chi connectivity index (χ4n) is 1.75. The molecule has 120 valence electrons. The SMILES string of the molecule is CCc1cc(S(=O)(=O)Cl)cc(CC)c1NS(=O)(=O)C(F)F. The van der Waals surface area contributed by atoms with Crippen molar-refractivity contribution < 1.29 is 25.6 Å². The van der Waals surface area contributed by atoms with Gasteiger partial charge in [0.2, 0.25) is 0 Å². The molecule has 0 saturated carbocycles. The van der Waals surface area contributed by atoms with Crippen molar-refractivity contribution in [1.29, 1.82) is 0 Å². The average Bonchev–Trinajstić information content (AvgIpc) is 2.36. The quantitative estimate of drug-likeness (QED) is 0.790. The van der Waals surface area contributed by atoms with Gasteiger partial charge in [-0.05, 0) is 36.1 Å². The predicted molar refractivity (Wildman–Crippen MR) is 76.8 cm³/mol. The number of benzene rings is 1. The Morgan fingerprint density at radius 3 is 1.81 bits per heavy atom. The van der Waals surface area contributed by atoms with Crippen LogP contribution in [0.3, 0.4) is 0 Å². The van der Waals surface area contributed by atoms with E-state index in [0.717, 1.165) is 0 Å². The van der Waals surface area contributed by atoms with Crippen LogP contribution in [0.25, 0.3) is 0 Å². The second kappa shape index (κ2) is 6.45. The van der Waals surface area contributed by atoms with Crippen molar-refractivity contribution in [3.8, 4) is 0 Å². The number of aryl methyl sites for hydroxylation is 2. The lowest BCUT2D eigenvalue weighted by molar-refractivity contribution is 0.236. The van der Waals surface area contributed by atoms with E-state index in [1.807, 2.05) is 4.72 Å². The van der Waals surface area contributed by atoms with Crippen molar-refractivity contribution in [1.82, 2.24) is 0 Å². The molecular weight excluding hydrogens is 348 g/mol. The summed E-state index contributed by atoms with van der Waals surface area (Å²) < 4.78 is 72.1. The highest BCUT2D eigenvalue weighted by Crippen LogP contribution is 2.30. The standard InChI is InChI=1S/C11H14ClF2NO4S2/c1-3-7-5-9(20(12,16)17)6-8(4-2)10(7)15-21(18,19)11(13)14/h5-6,11,15H,3-4H2,1-2H3. The molecule has 1 aromatic carbocycles. The second-order valence-electron chi connectivity index (χ2n) is 4.17. The summed E-state index contributed by atoms with van der Waals surface area (Å²) in [4.78, 5) is -0.196. The molecule has 0 amide bonds. The smallest absolute Gasteiger partial charge is 0.278 e. The molecule has 0 heterocycles. The summed E-state index contributed by atoms with van der Waals surface area (Å²) >= 11 is 0. The molecule has 0 spiro atoms. The second-order valence-corrected chi connectivity index (χ2v) is 8.39. The summed E-state index contributed by atoms with van der Waals surface area (Å²) in [5, 5.41) is 0. The van der Waals surface area contributed by atoms with E-state index in [9.17, 15) is 25.6 Å². The number of hydrogen-bond acceptors (Lipinski definition) is 4. The van der Waals surface area contributed by atoms with Gasteiger partial charge in [-0.15, -0.1) is 0 Å². The molecule has 0 aliphatic rings. The number of rotatable bonds is 6. The van der Waals surface area contributed by atoms with E-state index in [1.54, 1.807) is 13.8 Å². The van der Waals surface area contributed by atoms with Crippen LogP contribution in [0.5, 0.6) is 0 Å². The Hall–Kier alpha value is -0.930. The van der Waals surface area contributed by atoms with Crippen molar-refractivity contribution in [3.63, 3.8) is 0 Å². The Labute approximate surface area is 126 Å². The molecule has 0 aromatic heterocycles. The zero-order valence-corrected chi connectivity index (χ0v) is 13.6. The lowest BCUT2D eigenvalue weighted by atomic mass is 10.0. The molecule has 0 fully saturated rings. The molecule has 0 atom stereocenters. The first kappa shape index (κ1) is 18.1. The minimum atomic E-state index is -4.83. The number of anilines is 1. The molecule has 0 radical (unpaired) electrons. The molecule has 0 bridgehead atoms. The van der Waals surface area contributed by atoms with Gasteiger partial charge in [-0.2, -0.15) is 8.78 Å². The van der Waals surface area contributed by atoms with Crippen LogP contribution in [0.1, 0.15) is 25.0 Å². The first-order valence-corrected chi connectivity index (χ1v) is 9.78. The van der Waals surface area contributed by atoms with Gasteiger partial charge in [-0.25, -0.2) is 16.8 Å². The third-order valence-electron chi connectivity index (χ3n) is 2.80. The van der Waals surface area contributed by atoms with E-state index in [0.29, 0.717) is 0 Å². The van der Waals surface area contributed by atoms with Gasteiger partial charge in [0.1, 0.15) is 0 Å². The van der Waals surface area contributed by atoms with Crippen LogP contribution in [0, 0.1) is 0 Å². The summed E-state index contributed by atoms with van der Waals surface area (Å²) in [6.45, 7) is 3.28. The van der Waals surface area contributed by atoms with Gasteiger partial charge in [0, 0.05) is 10.7 Å². The van der Waals surface area contributed by atoms with Crippen molar-refractivity contribution in [2.75, 3.05) is 4.72 Å². The summed E-state index contributed by atoms with van der Waals surface area (Å²) in [6.07, 6.45) is 0.489. The lowest BCUT2D eigenvalue weighted by Gasteiger charge is -2.16. The Kier molecular flexibility index (Phi) is 5.57. The van der Waals surface area contributed by atoms with E-state index in [1.165, 1.54) is 12.1 Å². The topological polar surface area (TPSA) is 80.3 Å². The summed E-state index contributed by atoms with van der Waals surface area (Å²) in [6, 6.07) is 2.34. The molecule has 21 heavy (non-hydrogen) atoms.